The second-order valence-electron chi connectivity index (χ2n) is 4.85. The molecular weight excluding hydrogens is 304 g/mol. The lowest BCUT2D eigenvalue weighted by molar-refractivity contribution is 0.528. The third-order valence-electron chi connectivity index (χ3n) is 3.23. The van der Waals surface area contributed by atoms with E-state index in [0.717, 1.165) is 36.0 Å². The number of likely N-dealkylation sites (N-methyl/N-ethyl adjacent to an activating group) is 1. The molecule has 6 heteroatoms. The quantitative estimate of drug-likeness (QED) is 0.757. The first-order valence-electron chi connectivity index (χ1n) is 7.15. The van der Waals surface area contributed by atoms with E-state index in [1.165, 1.54) is 4.90 Å². The molecule has 0 bridgehead atoms. The molecule has 0 radical (unpaired) electrons. The topological polar surface area (TPSA) is 42.7 Å². The average Bonchev–Trinajstić information content (AvgIpc) is 2.92. The number of rotatable bonds is 8. The summed E-state index contributed by atoms with van der Waals surface area (Å²) in [4.78, 5) is 5.61. The Hall–Kier alpha value is -1.04. The Bertz CT molecular complexity index is 541. The first kappa shape index (κ1) is 16.3. The summed E-state index contributed by atoms with van der Waals surface area (Å²) < 4.78 is 2.00. The van der Waals surface area contributed by atoms with Crippen LogP contribution in [0.3, 0.4) is 0 Å². The molecule has 4 nitrogen and oxygen atoms in total. The maximum atomic E-state index is 5.90. The summed E-state index contributed by atoms with van der Waals surface area (Å²) in [6.07, 6.45) is 3.60. The zero-order chi connectivity index (χ0) is 15.1. The molecule has 0 fully saturated rings. The van der Waals surface area contributed by atoms with E-state index in [2.05, 4.69) is 34.5 Å². The van der Waals surface area contributed by atoms with Crippen LogP contribution in [0.25, 0.3) is 0 Å². The fraction of sp³-hybridized carbons (Fsp3) is 0.467. The van der Waals surface area contributed by atoms with Gasteiger partial charge in [0.05, 0.1) is 0 Å². The van der Waals surface area contributed by atoms with Crippen LogP contribution in [-0.2, 0) is 13.0 Å². The molecule has 1 unspecified atom stereocenters. The molecule has 1 heterocycles. The van der Waals surface area contributed by atoms with Gasteiger partial charge in [0, 0.05) is 34.7 Å². The van der Waals surface area contributed by atoms with Crippen molar-refractivity contribution in [1.82, 2.24) is 20.1 Å². The van der Waals surface area contributed by atoms with Gasteiger partial charge in [-0.25, -0.2) is 4.98 Å². The van der Waals surface area contributed by atoms with Crippen molar-refractivity contribution in [1.29, 1.82) is 0 Å². The second kappa shape index (κ2) is 8.41. The van der Waals surface area contributed by atoms with E-state index in [0.29, 0.717) is 6.04 Å². The monoisotopic (exact) mass is 324 g/mol. The zero-order valence-electron chi connectivity index (χ0n) is 12.4. The number of nitrogens with zero attached hydrogens (tertiary/aromatic N) is 3. The molecule has 1 aromatic carbocycles. The molecule has 114 valence electrons. The molecule has 0 amide bonds. The van der Waals surface area contributed by atoms with E-state index < -0.39 is 0 Å². The number of aromatic nitrogens is 3. The molecule has 0 aliphatic carbocycles. The molecular formula is C15H21ClN4S. The normalized spacial score (nSPS) is 12.5. The maximum Gasteiger partial charge on any atom is 0.138 e. The highest BCUT2D eigenvalue weighted by Crippen LogP contribution is 2.21. The molecule has 0 spiro atoms. The molecule has 0 saturated carbocycles. The minimum atomic E-state index is 0.366. The summed E-state index contributed by atoms with van der Waals surface area (Å²) >= 11 is 7.73. The summed E-state index contributed by atoms with van der Waals surface area (Å²) in [6.45, 7) is 3.08. The van der Waals surface area contributed by atoms with Crippen molar-refractivity contribution < 1.29 is 0 Å². The Morgan fingerprint density at radius 2 is 2.10 bits per heavy atom. The fourth-order valence-electron chi connectivity index (χ4n) is 2.04. The summed E-state index contributed by atoms with van der Waals surface area (Å²) in [7, 11) is 1.99. The van der Waals surface area contributed by atoms with Crippen LogP contribution in [0.5, 0.6) is 0 Å². The summed E-state index contributed by atoms with van der Waals surface area (Å²) in [6, 6.07) is 8.33. The highest BCUT2D eigenvalue weighted by atomic mass is 35.5. The molecule has 21 heavy (non-hydrogen) atoms. The fourth-order valence-corrected chi connectivity index (χ4v) is 3.17. The lowest BCUT2D eigenvalue weighted by Gasteiger charge is -2.15. The van der Waals surface area contributed by atoms with Gasteiger partial charge in [-0.3, -0.25) is 4.68 Å². The number of halogens is 1. The van der Waals surface area contributed by atoms with Gasteiger partial charge in [0.15, 0.2) is 0 Å². The van der Waals surface area contributed by atoms with Crippen molar-refractivity contribution in [3.8, 4) is 0 Å². The van der Waals surface area contributed by atoms with Crippen molar-refractivity contribution in [3.05, 3.63) is 41.4 Å². The van der Waals surface area contributed by atoms with Crippen LogP contribution < -0.4 is 5.32 Å². The zero-order valence-corrected chi connectivity index (χ0v) is 14.0. The van der Waals surface area contributed by atoms with Gasteiger partial charge in [-0.15, -0.1) is 11.8 Å². The van der Waals surface area contributed by atoms with E-state index in [1.807, 2.05) is 35.6 Å². The second-order valence-corrected chi connectivity index (χ2v) is 6.38. The lowest BCUT2D eigenvalue weighted by atomic mass is 10.2. The molecule has 0 saturated heterocycles. The van der Waals surface area contributed by atoms with Crippen LogP contribution >= 0.6 is 23.4 Å². The van der Waals surface area contributed by atoms with E-state index in [4.69, 9.17) is 11.6 Å². The van der Waals surface area contributed by atoms with Gasteiger partial charge in [0.25, 0.3) is 0 Å². The highest BCUT2D eigenvalue weighted by Gasteiger charge is 2.12. The van der Waals surface area contributed by atoms with Gasteiger partial charge in [-0.05, 0) is 37.7 Å². The van der Waals surface area contributed by atoms with Gasteiger partial charge < -0.3 is 5.32 Å². The van der Waals surface area contributed by atoms with Gasteiger partial charge in [-0.1, -0.05) is 18.5 Å². The third-order valence-corrected chi connectivity index (χ3v) is 4.66. The SMILES string of the molecule is CCCn1ncnc1CC(CSc1ccc(Cl)cc1)NC. The van der Waals surface area contributed by atoms with Gasteiger partial charge in [0.2, 0.25) is 0 Å². The smallest absolute Gasteiger partial charge is 0.138 e. The van der Waals surface area contributed by atoms with Crippen LogP contribution in [0.4, 0.5) is 0 Å². The van der Waals surface area contributed by atoms with E-state index >= 15 is 0 Å². The van der Waals surface area contributed by atoms with Crippen LogP contribution in [0.2, 0.25) is 5.02 Å². The Morgan fingerprint density at radius 1 is 1.33 bits per heavy atom. The number of nitrogens with one attached hydrogen (secondary N) is 1. The minimum Gasteiger partial charge on any atom is -0.316 e. The van der Waals surface area contributed by atoms with E-state index in [9.17, 15) is 0 Å². The van der Waals surface area contributed by atoms with Crippen LogP contribution in [0.15, 0.2) is 35.5 Å². The van der Waals surface area contributed by atoms with E-state index in [1.54, 1.807) is 6.33 Å². The molecule has 2 aromatic rings. The Labute approximate surface area is 135 Å². The molecule has 0 aliphatic heterocycles. The van der Waals surface area contributed by atoms with Gasteiger partial charge >= 0.3 is 0 Å². The molecule has 2 rings (SSSR count). The van der Waals surface area contributed by atoms with Crippen molar-refractivity contribution in [2.24, 2.45) is 0 Å². The van der Waals surface area contributed by atoms with Crippen LogP contribution in [0.1, 0.15) is 19.2 Å². The first-order chi connectivity index (χ1) is 10.2. The molecule has 0 aliphatic rings. The maximum absolute atomic E-state index is 5.90. The van der Waals surface area contributed by atoms with Crippen molar-refractivity contribution in [2.75, 3.05) is 12.8 Å². The molecule has 1 atom stereocenters. The number of thioether (sulfide) groups is 1. The molecule has 1 N–H and O–H groups in total. The third kappa shape index (κ3) is 5.02. The minimum absolute atomic E-state index is 0.366. The predicted molar refractivity (Wildman–Crippen MR) is 89.0 cm³/mol. The summed E-state index contributed by atoms with van der Waals surface area (Å²) in [5.74, 6) is 2.03. The Morgan fingerprint density at radius 3 is 2.76 bits per heavy atom. The standard InChI is InChI=1S/C15H21ClN4S/c1-3-8-20-15(18-11-19-20)9-13(17-2)10-21-14-6-4-12(16)5-7-14/h4-7,11,13,17H,3,8-10H2,1-2H3. The Kier molecular flexibility index (Phi) is 6.54. The van der Waals surface area contributed by atoms with Gasteiger partial charge in [0.1, 0.15) is 12.2 Å². The highest BCUT2D eigenvalue weighted by molar-refractivity contribution is 7.99. The van der Waals surface area contributed by atoms with Crippen LogP contribution in [0, 0.1) is 0 Å². The predicted octanol–water partition coefficient (Wildman–Crippen LogP) is 3.26. The Balaban J connectivity index is 1.90. The largest absolute Gasteiger partial charge is 0.316 e. The number of hydrogen-bond donors (Lipinski definition) is 1. The number of hydrogen-bond acceptors (Lipinski definition) is 4. The van der Waals surface area contributed by atoms with E-state index in [-0.39, 0.29) is 0 Å². The summed E-state index contributed by atoms with van der Waals surface area (Å²) in [5, 5.41) is 8.42. The molecule has 1 aromatic heterocycles. The first-order valence-corrected chi connectivity index (χ1v) is 8.51. The van der Waals surface area contributed by atoms with Crippen molar-refractivity contribution >= 4 is 23.4 Å². The van der Waals surface area contributed by atoms with Crippen molar-refractivity contribution in [3.63, 3.8) is 0 Å². The summed E-state index contributed by atoms with van der Waals surface area (Å²) in [5.41, 5.74) is 0. The van der Waals surface area contributed by atoms with Crippen LogP contribution in [-0.4, -0.2) is 33.6 Å². The number of aryl methyl sites for hydroxylation is 1. The lowest BCUT2D eigenvalue weighted by Crippen LogP contribution is -2.31. The van der Waals surface area contributed by atoms with Crippen molar-refractivity contribution in [2.45, 2.75) is 37.2 Å². The number of benzene rings is 1. The van der Waals surface area contributed by atoms with Gasteiger partial charge in [-0.2, -0.15) is 5.10 Å². The average molecular weight is 325 g/mol.